The number of piperazine rings is 1. The fourth-order valence-corrected chi connectivity index (χ4v) is 2.94. The molecule has 1 aromatic heterocycles. The Hall–Kier alpha value is -2.50. The number of hydrogen-bond acceptors (Lipinski definition) is 4. The number of carbonyl (C=O) groups excluding carboxylic acids is 1. The minimum absolute atomic E-state index is 0.00105. The standard InChI is InChI=1S/C19H26N4O2/c1-19(2,3)17-13-16(20-21-17)18(24)23-11-9-22(10-12-23)14-5-7-15(25-4)8-6-14/h5-8,13H,9-12H2,1-4H3,(H,20,21). The summed E-state index contributed by atoms with van der Waals surface area (Å²) in [5.74, 6) is 0.854. The quantitative estimate of drug-likeness (QED) is 0.932. The van der Waals surface area contributed by atoms with Crippen LogP contribution in [0.5, 0.6) is 5.75 Å². The van der Waals surface area contributed by atoms with Gasteiger partial charge in [-0.3, -0.25) is 9.89 Å². The number of anilines is 1. The van der Waals surface area contributed by atoms with Crippen molar-refractivity contribution in [1.82, 2.24) is 15.1 Å². The summed E-state index contributed by atoms with van der Waals surface area (Å²) in [6.45, 7) is 9.32. The van der Waals surface area contributed by atoms with Crippen LogP contribution in [0.1, 0.15) is 37.0 Å². The number of rotatable bonds is 3. The Balaban J connectivity index is 1.61. The highest BCUT2D eigenvalue weighted by Gasteiger charge is 2.25. The van der Waals surface area contributed by atoms with Gasteiger partial charge in [-0.1, -0.05) is 20.8 Å². The van der Waals surface area contributed by atoms with E-state index in [-0.39, 0.29) is 11.3 Å². The Morgan fingerprint density at radius 3 is 2.28 bits per heavy atom. The van der Waals surface area contributed by atoms with Gasteiger partial charge in [0, 0.05) is 43.0 Å². The number of benzene rings is 1. The summed E-state index contributed by atoms with van der Waals surface area (Å²) in [7, 11) is 1.67. The molecule has 1 amide bonds. The zero-order valence-electron chi connectivity index (χ0n) is 15.4. The summed E-state index contributed by atoms with van der Waals surface area (Å²) in [6.07, 6.45) is 0. The number of aromatic nitrogens is 2. The molecule has 6 nitrogen and oxygen atoms in total. The molecular weight excluding hydrogens is 316 g/mol. The molecule has 6 heteroatoms. The van der Waals surface area contributed by atoms with Crippen LogP contribution in [-0.4, -0.2) is 54.3 Å². The second-order valence-corrected chi connectivity index (χ2v) is 7.39. The van der Waals surface area contributed by atoms with E-state index in [2.05, 4.69) is 48.0 Å². The highest BCUT2D eigenvalue weighted by atomic mass is 16.5. The van der Waals surface area contributed by atoms with Gasteiger partial charge in [-0.2, -0.15) is 5.10 Å². The lowest BCUT2D eigenvalue weighted by Crippen LogP contribution is -2.48. The number of H-pyrrole nitrogens is 1. The second-order valence-electron chi connectivity index (χ2n) is 7.39. The highest BCUT2D eigenvalue weighted by Crippen LogP contribution is 2.23. The minimum atomic E-state index is -0.0431. The summed E-state index contributed by atoms with van der Waals surface area (Å²) >= 11 is 0. The molecule has 1 aromatic carbocycles. The molecule has 2 heterocycles. The van der Waals surface area contributed by atoms with Crippen LogP contribution in [0.4, 0.5) is 5.69 Å². The first-order valence-corrected chi connectivity index (χ1v) is 8.62. The summed E-state index contributed by atoms with van der Waals surface area (Å²) in [5, 5.41) is 7.20. The molecule has 2 aromatic rings. The fraction of sp³-hybridized carbons (Fsp3) is 0.474. The SMILES string of the molecule is COc1ccc(N2CCN(C(=O)c3cc(C(C)(C)C)[nH]n3)CC2)cc1. The molecule has 0 bridgehead atoms. The molecule has 3 rings (SSSR count). The van der Waals surface area contributed by atoms with Gasteiger partial charge in [-0.15, -0.1) is 0 Å². The highest BCUT2D eigenvalue weighted by molar-refractivity contribution is 5.92. The first kappa shape index (κ1) is 17.3. The first-order valence-electron chi connectivity index (χ1n) is 8.62. The van der Waals surface area contributed by atoms with Crippen LogP contribution in [0.15, 0.2) is 30.3 Å². The normalized spacial score (nSPS) is 15.4. The lowest BCUT2D eigenvalue weighted by atomic mass is 9.92. The molecule has 0 unspecified atom stereocenters. The van der Waals surface area contributed by atoms with Crippen LogP contribution in [0, 0.1) is 0 Å². The third-order valence-corrected chi connectivity index (χ3v) is 4.61. The van der Waals surface area contributed by atoms with Crippen LogP contribution >= 0.6 is 0 Å². The van der Waals surface area contributed by atoms with Gasteiger partial charge < -0.3 is 14.5 Å². The van der Waals surface area contributed by atoms with Crippen molar-refractivity contribution in [3.8, 4) is 5.75 Å². The van der Waals surface area contributed by atoms with Crippen molar-refractivity contribution < 1.29 is 9.53 Å². The maximum absolute atomic E-state index is 12.7. The molecule has 25 heavy (non-hydrogen) atoms. The van der Waals surface area contributed by atoms with E-state index in [1.165, 1.54) is 0 Å². The van der Waals surface area contributed by atoms with Gasteiger partial charge in [0.05, 0.1) is 7.11 Å². The molecular formula is C19H26N4O2. The van der Waals surface area contributed by atoms with Crippen LogP contribution in [0.2, 0.25) is 0 Å². The molecule has 134 valence electrons. The van der Waals surface area contributed by atoms with Gasteiger partial charge in [0.15, 0.2) is 0 Å². The summed E-state index contributed by atoms with van der Waals surface area (Å²) in [5.41, 5.74) is 2.59. The molecule has 1 fully saturated rings. The number of aromatic amines is 1. The average Bonchev–Trinajstić information content (AvgIpc) is 3.12. The Morgan fingerprint density at radius 2 is 1.76 bits per heavy atom. The Labute approximate surface area is 148 Å². The van der Waals surface area contributed by atoms with Crippen LogP contribution in [-0.2, 0) is 5.41 Å². The Morgan fingerprint density at radius 1 is 1.12 bits per heavy atom. The van der Waals surface area contributed by atoms with Crippen molar-refractivity contribution in [1.29, 1.82) is 0 Å². The van der Waals surface area contributed by atoms with Gasteiger partial charge in [0.25, 0.3) is 5.91 Å². The molecule has 0 spiro atoms. The zero-order chi connectivity index (χ0) is 18.0. The van der Waals surface area contributed by atoms with E-state index in [0.29, 0.717) is 18.8 Å². The molecule has 1 saturated heterocycles. The topological polar surface area (TPSA) is 61.5 Å². The second kappa shape index (κ2) is 6.78. The maximum atomic E-state index is 12.7. The number of nitrogens with one attached hydrogen (secondary N) is 1. The predicted molar refractivity (Wildman–Crippen MR) is 98.4 cm³/mol. The van der Waals surface area contributed by atoms with Crippen molar-refractivity contribution >= 4 is 11.6 Å². The summed E-state index contributed by atoms with van der Waals surface area (Å²) in [6, 6.07) is 9.91. The first-order chi connectivity index (χ1) is 11.9. The fourth-order valence-electron chi connectivity index (χ4n) is 2.94. The van der Waals surface area contributed by atoms with Gasteiger partial charge in [-0.05, 0) is 30.3 Å². The maximum Gasteiger partial charge on any atom is 0.274 e. The lowest BCUT2D eigenvalue weighted by Gasteiger charge is -2.35. The van der Waals surface area contributed by atoms with E-state index in [0.717, 1.165) is 30.2 Å². The van der Waals surface area contributed by atoms with Gasteiger partial charge in [-0.25, -0.2) is 0 Å². The molecule has 0 radical (unpaired) electrons. The zero-order valence-corrected chi connectivity index (χ0v) is 15.4. The number of hydrogen-bond donors (Lipinski definition) is 1. The van der Waals surface area contributed by atoms with E-state index in [1.807, 2.05) is 23.1 Å². The third-order valence-electron chi connectivity index (χ3n) is 4.61. The van der Waals surface area contributed by atoms with Crippen molar-refractivity contribution in [3.63, 3.8) is 0 Å². The van der Waals surface area contributed by atoms with Crippen molar-refractivity contribution in [2.75, 3.05) is 38.2 Å². The van der Waals surface area contributed by atoms with Gasteiger partial charge in [0.2, 0.25) is 0 Å². The Kier molecular flexibility index (Phi) is 4.70. The summed E-state index contributed by atoms with van der Waals surface area (Å²) in [4.78, 5) is 16.8. The Bertz CT molecular complexity index is 723. The van der Waals surface area contributed by atoms with Crippen molar-refractivity contribution in [2.24, 2.45) is 0 Å². The van der Waals surface area contributed by atoms with E-state index in [9.17, 15) is 4.79 Å². The van der Waals surface area contributed by atoms with Crippen LogP contribution < -0.4 is 9.64 Å². The van der Waals surface area contributed by atoms with Gasteiger partial charge >= 0.3 is 0 Å². The predicted octanol–water partition coefficient (Wildman–Crippen LogP) is 2.68. The van der Waals surface area contributed by atoms with E-state index in [4.69, 9.17) is 4.74 Å². The average molecular weight is 342 g/mol. The largest absolute Gasteiger partial charge is 0.497 e. The molecule has 1 aliphatic rings. The van der Waals surface area contributed by atoms with Crippen LogP contribution in [0.25, 0.3) is 0 Å². The van der Waals surface area contributed by atoms with Crippen LogP contribution in [0.3, 0.4) is 0 Å². The molecule has 1 N–H and O–H groups in total. The molecule has 0 atom stereocenters. The summed E-state index contributed by atoms with van der Waals surface area (Å²) < 4.78 is 5.20. The monoisotopic (exact) mass is 342 g/mol. The molecule has 0 aliphatic carbocycles. The van der Waals surface area contributed by atoms with Crippen molar-refractivity contribution in [2.45, 2.75) is 26.2 Å². The lowest BCUT2D eigenvalue weighted by molar-refractivity contribution is 0.0741. The number of nitrogens with zero attached hydrogens (tertiary/aromatic N) is 3. The van der Waals surface area contributed by atoms with Gasteiger partial charge in [0.1, 0.15) is 11.4 Å². The third kappa shape index (κ3) is 3.78. The van der Waals surface area contributed by atoms with E-state index < -0.39 is 0 Å². The number of carbonyl (C=O) groups is 1. The van der Waals surface area contributed by atoms with Crippen molar-refractivity contribution in [3.05, 3.63) is 41.7 Å². The van der Waals surface area contributed by atoms with E-state index in [1.54, 1.807) is 7.11 Å². The minimum Gasteiger partial charge on any atom is -0.497 e. The number of ether oxygens (including phenoxy) is 1. The van der Waals surface area contributed by atoms with E-state index >= 15 is 0 Å². The molecule has 1 aliphatic heterocycles. The molecule has 0 saturated carbocycles. The number of methoxy groups -OCH3 is 1. The smallest absolute Gasteiger partial charge is 0.274 e. The number of amides is 1.